The highest BCUT2D eigenvalue weighted by Crippen LogP contribution is 2.35. The van der Waals surface area contributed by atoms with Gasteiger partial charge in [0.15, 0.2) is 11.5 Å². The first-order valence-corrected chi connectivity index (χ1v) is 12.0. The van der Waals surface area contributed by atoms with E-state index in [0.29, 0.717) is 19.7 Å². The van der Waals surface area contributed by atoms with Crippen molar-refractivity contribution in [3.8, 4) is 11.5 Å². The van der Waals surface area contributed by atoms with E-state index in [1.165, 1.54) is 25.5 Å². The molecule has 32 heavy (non-hydrogen) atoms. The maximum atomic E-state index is 12.7. The summed E-state index contributed by atoms with van der Waals surface area (Å²) in [5.74, 6) is -0.127. The molecule has 0 aliphatic heterocycles. The Balaban J connectivity index is 1.78. The van der Waals surface area contributed by atoms with Gasteiger partial charge >= 0.3 is 10.1 Å². The summed E-state index contributed by atoms with van der Waals surface area (Å²) < 4.78 is 36.5. The fourth-order valence-electron chi connectivity index (χ4n) is 2.59. The van der Waals surface area contributed by atoms with E-state index in [-0.39, 0.29) is 16.4 Å². The molecule has 3 rings (SSSR count). The van der Waals surface area contributed by atoms with Gasteiger partial charge in [-0.25, -0.2) is 5.43 Å². The molecule has 0 spiro atoms. The predicted molar refractivity (Wildman–Crippen MR) is 131 cm³/mol. The molecule has 0 fully saturated rings. The molecule has 0 radical (unpaired) electrons. The lowest BCUT2D eigenvalue weighted by atomic mass is 10.2. The number of carbonyl (C=O) groups is 1. The average molecular weight is 585 g/mol. The summed E-state index contributed by atoms with van der Waals surface area (Å²) in [4.78, 5) is 12.2. The summed E-state index contributed by atoms with van der Waals surface area (Å²) >= 11 is 7.76. The van der Waals surface area contributed by atoms with Crippen LogP contribution in [0.3, 0.4) is 0 Å². The molecular weight excluding hydrogens is 567 g/mol. The van der Waals surface area contributed by atoms with Crippen LogP contribution in [0.1, 0.15) is 21.5 Å². The zero-order valence-corrected chi connectivity index (χ0v) is 20.7. The van der Waals surface area contributed by atoms with Gasteiger partial charge in [-0.3, -0.25) is 4.79 Å². The van der Waals surface area contributed by atoms with E-state index < -0.39 is 16.0 Å². The minimum Gasteiger partial charge on any atom is -0.493 e. The highest BCUT2D eigenvalue weighted by molar-refractivity contribution is 14.1. The Morgan fingerprint density at radius 3 is 2.38 bits per heavy atom. The van der Waals surface area contributed by atoms with Gasteiger partial charge in [0, 0.05) is 10.6 Å². The fourth-order valence-corrected chi connectivity index (χ4v) is 4.56. The van der Waals surface area contributed by atoms with Crippen molar-refractivity contribution in [3.05, 3.63) is 85.9 Å². The molecule has 10 heteroatoms. The quantitative estimate of drug-likeness (QED) is 0.187. The van der Waals surface area contributed by atoms with Crippen LogP contribution in [0.5, 0.6) is 11.5 Å². The molecule has 7 nitrogen and oxygen atoms in total. The minimum absolute atomic E-state index is 0.0384. The molecular formula is C22H18ClIN2O5S. The third kappa shape index (κ3) is 5.99. The van der Waals surface area contributed by atoms with Crippen LogP contribution in [-0.4, -0.2) is 27.6 Å². The molecule has 3 aromatic rings. The summed E-state index contributed by atoms with van der Waals surface area (Å²) in [6.45, 7) is 1.86. The number of hydrogen-bond acceptors (Lipinski definition) is 6. The van der Waals surface area contributed by atoms with E-state index in [9.17, 15) is 13.2 Å². The molecule has 0 aromatic heterocycles. The molecule has 0 aliphatic rings. The van der Waals surface area contributed by atoms with E-state index in [1.807, 2.05) is 29.5 Å². The van der Waals surface area contributed by atoms with E-state index in [4.69, 9.17) is 20.5 Å². The lowest BCUT2D eigenvalue weighted by Gasteiger charge is -2.13. The van der Waals surface area contributed by atoms with Crippen molar-refractivity contribution in [2.45, 2.75) is 11.8 Å². The van der Waals surface area contributed by atoms with Crippen molar-refractivity contribution in [3.63, 3.8) is 0 Å². The number of hydrogen-bond donors (Lipinski definition) is 1. The maximum absolute atomic E-state index is 12.7. The van der Waals surface area contributed by atoms with Gasteiger partial charge in [-0.1, -0.05) is 29.3 Å². The van der Waals surface area contributed by atoms with Gasteiger partial charge in [0.2, 0.25) is 0 Å². The van der Waals surface area contributed by atoms with Crippen LogP contribution in [0.4, 0.5) is 0 Å². The first-order chi connectivity index (χ1) is 15.2. The summed E-state index contributed by atoms with van der Waals surface area (Å²) in [5.41, 5.74) is 4.33. The van der Waals surface area contributed by atoms with Crippen molar-refractivity contribution in [2.24, 2.45) is 5.10 Å². The number of amides is 1. The third-order valence-electron chi connectivity index (χ3n) is 4.24. The fraction of sp³-hybridized carbons (Fsp3) is 0.0909. The van der Waals surface area contributed by atoms with Crippen molar-refractivity contribution in [2.75, 3.05) is 7.11 Å². The molecule has 166 valence electrons. The van der Waals surface area contributed by atoms with Gasteiger partial charge < -0.3 is 8.92 Å². The van der Waals surface area contributed by atoms with Crippen LogP contribution in [-0.2, 0) is 10.1 Å². The number of benzene rings is 3. The Morgan fingerprint density at radius 2 is 1.75 bits per heavy atom. The number of methoxy groups -OCH3 is 1. The number of nitrogens with one attached hydrogen (secondary N) is 1. The van der Waals surface area contributed by atoms with Crippen molar-refractivity contribution >= 4 is 56.4 Å². The number of aryl methyl sites for hydroxylation is 1. The highest BCUT2D eigenvalue weighted by Gasteiger charge is 2.21. The van der Waals surface area contributed by atoms with Crippen LogP contribution in [0.25, 0.3) is 0 Å². The molecule has 3 aromatic carbocycles. The van der Waals surface area contributed by atoms with Crippen LogP contribution in [0.15, 0.2) is 70.7 Å². The average Bonchev–Trinajstić information content (AvgIpc) is 2.76. The second-order valence-electron chi connectivity index (χ2n) is 6.59. The van der Waals surface area contributed by atoms with Gasteiger partial charge in [-0.15, -0.1) is 0 Å². The first kappa shape index (κ1) is 24.0. The minimum atomic E-state index is -4.04. The normalized spacial score (nSPS) is 11.4. The monoisotopic (exact) mass is 584 g/mol. The highest BCUT2D eigenvalue weighted by atomic mass is 127. The van der Waals surface area contributed by atoms with Gasteiger partial charge in [-0.2, -0.15) is 13.5 Å². The van der Waals surface area contributed by atoms with Crippen molar-refractivity contribution in [1.29, 1.82) is 0 Å². The molecule has 1 N–H and O–H groups in total. The Morgan fingerprint density at radius 1 is 1.09 bits per heavy atom. The van der Waals surface area contributed by atoms with Crippen molar-refractivity contribution in [1.82, 2.24) is 5.43 Å². The number of nitrogens with zero attached hydrogens (tertiary/aromatic N) is 1. The zero-order chi connectivity index (χ0) is 23.3. The van der Waals surface area contributed by atoms with Crippen molar-refractivity contribution < 1.29 is 22.1 Å². The third-order valence-corrected chi connectivity index (χ3v) is 6.53. The van der Waals surface area contributed by atoms with Crippen LogP contribution < -0.4 is 14.3 Å². The summed E-state index contributed by atoms with van der Waals surface area (Å²) in [5, 5.41) is 4.47. The lowest BCUT2D eigenvalue weighted by Crippen LogP contribution is -2.17. The molecule has 0 bridgehead atoms. The molecule has 0 unspecified atom stereocenters. The zero-order valence-electron chi connectivity index (χ0n) is 17.0. The van der Waals surface area contributed by atoms with Gasteiger partial charge in [0.25, 0.3) is 5.91 Å². The van der Waals surface area contributed by atoms with Crippen LogP contribution >= 0.6 is 34.2 Å². The maximum Gasteiger partial charge on any atom is 0.339 e. The molecule has 0 atom stereocenters. The van der Waals surface area contributed by atoms with Gasteiger partial charge in [-0.05, 0) is 83.6 Å². The topological polar surface area (TPSA) is 94.1 Å². The van der Waals surface area contributed by atoms with E-state index in [2.05, 4.69) is 10.5 Å². The van der Waals surface area contributed by atoms with Gasteiger partial charge in [0.1, 0.15) is 4.90 Å². The SMILES string of the molecule is COc1cc(C=NNC(=O)c2ccc(Cl)cc2)cc(I)c1OS(=O)(=O)c1ccc(C)cc1. The Bertz CT molecular complexity index is 1260. The first-order valence-electron chi connectivity index (χ1n) is 9.17. The number of ether oxygens (including phenoxy) is 1. The predicted octanol–water partition coefficient (Wildman–Crippen LogP) is 4.79. The summed E-state index contributed by atoms with van der Waals surface area (Å²) in [7, 11) is -2.64. The van der Waals surface area contributed by atoms with E-state index in [0.717, 1.165) is 5.56 Å². The smallest absolute Gasteiger partial charge is 0.339 e. The van der Waals surface area contributed by atoms with E-state index >= 15 is 0 Å². The Kier molecular flexibility index (Phi) is 7.75. The standard InChI is InChI=1S/C22H18ClIN2O5S/c1-14-3-9-18(10-4-14)32(28,29)31-21-19(24)11-15(12-20(21)30-2)13-25-26-22(27)16-5-7-17(23)8-6-16/h3-13H,1-2H3,(H,26,27). The van der Waals surface area contributed by atoms with Gasteiger partial charge in [0.05, 0.1) is 16.9 Å². The number of hydrazone groups is 1. The number of rotatable bonds is 7. The molecule has 0 saturated carbocycles. The molecule has 0 aliphatic carbocycles. The number of halogens is 2. The molecule has 1 amide bonds. The second-order valence-corrected chi connectivity index (χ2v) is 9.74. The van der Waals surface area contributed by atoms with Crippen LogP contribution in [0, 0.1) is 10.5 Å². The molecule has 0 saturated heterocycles. The Hall–Kier alpha value is -2.63. The van der Waals surface area contributed by atoms with Crippen LogP contribution in [0.2, 0.25) is 5.02 Å². The largest absolute Gasteiger partial charge is 0.493 e. The Labute approximate surface area is 204 Å². The summed E-state index contributed by atoms with van der Waals surface area (Å²) in [6.07, 6.45) is 1.41. The summed E-state index contributed by atoms with van der Waals surface area (Å²) in [6, 6.07) is 15.9. The number of carbonyl (C=O) groups excluding carboxylic acids is 1. The van der Waals surface area contributed by atoms with E-state index in [1.54, 1.807) is 48.5 Å². The molecule has 0 heterocycles. The lowest BCUT2D eigenvalue weighted by molar-refractivity contribution is 0.0955. The second kappa shape index (κ2) is 10.3.